The van der Waals surface area contributed by atoms with E-state index in [9.17, 15) is 14.7 Å². The van der Waals surface area contributed by atoms with E-state index >= 15 is 0 Å². The number of H-pyrrole nitrogens is 1. The van der Waals surface area contributed by atoms with Crippen LogP contribution >= 0.6 is 0 Å². The lowest BCUT2D eigenvalue weighted by atomic mass is 10.0. The monoisotopic (exact) mass is 298 g/mol. The van der Waals surface area contributed by atoms with E-state index in [-0.39, 0.29) is 11.3 Å². The van der Waals surface area contributed by atoms with E-state index in [4.69, 9.17) is 4.42 Å². The van der Waals surface area contributed by atoms with Crippen molar-refractivity contribution < 1.29 is 14.3 Å². The van der Waals surface area contributed by atoms with Crippen LogP contribution in [-0.2, 0) is 6.42 Å². The van der Waals surface area contributed by atoms with Crippen molar-refractivity contribution in [3.05, 3.63) is 45.6 Å². The van der Waals surface area contributed by atoms with Crippen LogP contribution in [0.3, 0.4) is 0 Å². The van der Waals surface area contributed by atoms with E-state index in [1.54, 1.807) is 25.1 Å². The molecular formula is C16H14N2O4. The molecule has 2 heterocycles. The highest BCUT2D eigenvalue weighted by molar-refractivity contribution is 5.84. The molecule has 6 heteroatoms. The summed E-state index contributed by atoms with van der Waals surface area (Å²) in [5.74, 6) is 0.278. The van der Waals surface area contributed by atoms with Gasteiger partial charge in [0.1, 0.15) is 16.8 Å². The van der Waals surface area contributed by atoms with Gasteiger partial charge in [-0.25, -0.2) is 4.98 Å². The SMILES string of the molecule is CCc1c(-c2ccc3nc(C)oc3c2)[nH]c(=O)c(C=O)c1O. The third kappa shape index (κ3) is 2.09. The molecule has 0 spiro atoms. The van der Waals surface area contributed by atoms with Crippen LogP contribution in [0.5, 0.6) is 5.75 Å². The molecule has 112 valence electrons. The van der Waals surface area contributed by atoms with Gasteiger partial charge in [-0.15, -0.1) is 0 Å². The molecule has 0 saturated carbocycles. The van der Waals surface area contributed by atoms with Gasteiger partial charge in [0.2, 0.25) is 0 Å². The Morgan fingerprint density at radius 2 is 2.18 bits per heavy atom. The number of nitrogens with zero attached hydrogens (tertiary/aromatic N) is 1. The van der Waals surface area contributed by atoms with Gasteiger partial charge in [0, 0.05) is 18.1 Å². The number of rotatable bonds is 3. The fourth-order valence-corrected chi connectivity index (χ4v) is 2.54. The first-order valence-electron chi connectivity index (χ1n) is 6.86. The number of fused-ring (bicyclic) bond motifs is 1. The molecular weight excluding hydrogens is 284 g/mol. The molecule has 0 fully saturated rings. The van der Waals surface area contributed by atoms with Crippen LogP contribution in [0, 0.1) is 6.92 Å². The van der Waals surface area contributed by atoms with Crippen molar-refractivity contribution in [2.75, 3.05) is 0 Å². The van der Waals surface area contributed by atoms with Crippen molar-refractivity contribution in [2.45, 2.75) is 20.3 Å². The van der Waals surface area contributed by atoms with Gasteiger partial charge < -0.3 is 14.5 Å². The number of aldehydes is 1. The summed E-state index contributed by atoms with van der Waals surface area (Å²) in [5, 5.41) is 10.1. The molecule has 0 unspecified atom stereocenters. The maximum Gasteiger partial charge on any atom is 0.262 e. The molecule has 0 radical (unpaired) electrons. The number of aryl methyl sites for hydroxylation is 1. The van der Waals surface area contributed by atoms with E-state index in [1.807, 2.05) is 6.92 Å². The highest BCUT2D eigenvalue weighted by Gasteiger charge is 2.17. The molecule has 0 atom stereocenters. The van der Waals surface area contributed by atoms with E-state index in [0.717, 1.165) is 5.52 Å². The van der Waals surface area contributed by atoms with Crippen molar-refractivity contribution in [1.29, 1.82) is 0 Å². The maximum absolute atomic E-state index is 11.9. The first-order valence-corrected chi connectivity index (χ1v) is 6.86. The average Bonchev–Trinajstić information content (AvgIpc) is 2.86. The Bertz CT molecular complexity index is 937. The number of hydrogen-bond donors (Lipinski definition) is 2. The van der Waals surface area contributed by atoms with Gasteiger partial charge in [0.25, 0.3) is 5.56 Å². The lowest BCUT2D eigenvalue weighted by Gasteiger charge is -2.11. The van der Waals surface area contributed by atoms with Gasteiger partial charge in [0.15, 0.2) is 17.8 Å². The van der Waals surface area contributed by atoms with E-state index in [0.29, 0.717) is 41.0 Å². The Balaban J connectivity index is 2.29. The zero-order valence-corrected chi connectivity index (χ0v) is 12.1. The van der Waals surface area contributed by atoms with Gasteiger partial charge in [-0.05, 0) is 18.6 Å². The largest absolute Gasteiger partial charge is 0.507 e. The second-order valence-corrected chi connectivity index (χ2v) is 4.96. The van der Waals surface area contributed by atoms with Crippen molar-refractivity contribution in [3.63, 3.8) is 0 Å². The lowest BCUT2D eigenvalue weighted by Crippen LogP contribution is -2.15. The van der Waals surface area contributed by atoms with E-state index in [1.165, 1.54) is 0 Å². The fourth-order valence-electron chi connectivity index (χ4n) is 2.54. The van der Waals surface area contributed by atoms with Crippen molar-refractivity contribution in [3.8, 4) is 17.0 Å². The van der Waals surface area contributed by atoms with Crippen molar-refractivity contribution >= 4 is 17.4 Å². The summed E-state index contributed by atoms with van der Waals surface area (Å²) in [4.78, 5) is 29.7. The summed E-state index contributed by atoms with van der Waals surface area (Å²) >= 11 is 0. The number of carbonyl (C=O) groups is 1. The summed E-state index contributed by atoms with van der Waals surface area (Å²) in [5.41, 5.74) is 2.12. The molecule has 6 nitrogen and oxygen atoms in total. The smallest absolute Gasteiger partial charge is 0.262 e. The number of oxazole rings is 1. The molecule has 3 aromatic rings. The lowest BCUT2D eigenvalue weighted by molar-refractivity contribution is 0.111. The average molecular weight is 298 g/mol. The zero-order chi connectivity index (χ0) is 15.9. The minimum atomic E-state index is -0.617. The molecule has 2 aromatic heterocycles. The Labute approximate surface area is 125 Å². The van der Waals surface area contributed by atoms with Crippen LogP contribution in [0.15, 0.2) is 27.4 Å². The molecule has 0 aliphatic rings. The molecule has 2 N–H and O–H groups in total. The molecule has 0 aliphatic carbocycles. The Hall–Kier alpha value is -2.89. The highest BCUT2D eigenvalue weighted by atomic mass is 16.3. The third-order valence-corrected chi connectivity index (χ3v) is 3.58. The number of pyridine rings is 1. The van der Waals surface area contributed by atoms with Gasteiger partial charge in [-0.2, -0.15) is 0 Å². The Morgan fingerprint density at radius 3 is 2.86 bits per heavy atom. The number of benzene rings is 1. The quantitative estimate of drug-likeness (QED) is 0.724. The fraction of sp³-hybridized carbons (Fsp3) is 0.188. The maximum atomic E-state index is 11.9. The number of aromatic hydroxyl groups is 1. The third-order valence-electron chi connectivity index (χ3n) is 3.58. The van der Waals surface area contributed by atoms with Crippen LogP contribution < -0.4 is 5.56 Å². The van der Waals surface area contributed by atoms with Gasteiger partial charge in [-0.3, -0.25) is 9.59 Å². The minimum absolute atomic E-state index is 0.253. The van der Waals surface area contributed by atoms with Crippen LogP contribution in [-0.4, -0.2) is 21.4 Å². The molecule has 1 aromatic carbocycles. The standard InChI is InChI=1S/C16H14N2O4/c1-3-10-14(18-16(21)11(7-19)15(10)20)9-4-5-12-13(6-9)22-8(2)17-12/h4-7H,3H2,1-2H3,(H2,18,20,21). The molecule has 0 bridgehead atoms. The Kier molecular flexibility index (Phi) is 3.29. The second kappa shape index (κ2) is 5.14. The molecule has 0 saturated heterocycles. The van der Waals surface area contributed by atoms with E-state index in [2.05, 4.69) is 9.97 Å². The molecule has 0 aliphatic heterocycles. The molecule has 0 amide bonds. The number of hydrogen-bond acceptors (Lipinski definition) is 5. The number of nitrogens with one attached hydrogen (secondary N) is 1. The summed E-state index contributed by atoms with van der Waals surface area (Å²) in [6.45, 7) is 3.59. The van der Waals surface area contributed by atoms with Gasteiger partial charge >= 0.3 is 0 Å². The predicted molar refractivity (Wildman–Crippen MR) is 81.2 cm³/mol. The first-order chi connectivity index (χ1) is 10.5. The van der Waals surface area contributed by atoms with Crippen LogP contribution in [0.25, 0.3) is 22.4 Å². The highest BCUT2D eigenvalue weighted by Crippen LogP contribution is 2.31. The van der Waals surface area contributed by atoms with Gasteiger partial charge in [0.05, 0.1) is 5.69 Å². The predicted octanol–water partition coefficient (Wildman–Crippen LogP) is 2.57. The zero-order valence-electron chi connectivity index (χ0n) is 12.1. The van der Waals surface area contributed by atoms with Crippen LogP contribution in [0.1, 0.15) is 28.7 Å². The molecule has 22 heavy (non-hydrogen) atoms. The number of aromatic amines is 1. The number of carbonyl (C=O) groups excluding carboxylic acids is 1. The first kappa shape index (κ1) is 14.1. The summed E-state index contributed by atoms with van der Waals surface area (Å²) in [7, 11) is 0. The summed E-state index contributed by atoms with van der Waals surface area (Å²) in [6, 6.07) is 5.32. The Morgan fingerprint density at radius 1 is 1.41 bits per heavy atom. The van der Waals surface area contributed by atoms with Gasteiger partial charge in [-0.1, -0.05) is 13.0 Å². The second-order valence-electron chi connectivity index (χ2n) is 4.96. The minimum Gasteiger partial charge on any atom is -0.507 e. The van der Waals surface area contributed by atoms with Crippen molar-refractivity contribution in [1.82, 2.24) is 9.97 Å². The number of aromatic nitrogens is 2. The van der Waals surface area contributed by atoms with Crippen LogP contribution in [0.2, 0.25) is 0 Å². The summed E-state index contributed by atoms with van der Waals surface area (Å²) < 4.78 is 5.49. The summed E-state index contributed by atoms with van der Waals surface area (Å²) in [6.07, 6.45) is 0.826. The topological polar surface area (TPSA) is 96.2 Å². The van der Waals surface area contributed by atoms with Crippen molar-refractivity contribution in [2.24, 2.45) is 0 Å². The van der Waals surface area contributed by atoms with Crippen LogP contribution in [0.4, 0.5) is 0 Å². The van der Waals surface area contributed by atoms with E-state index < -0.39 is 5.56 Å². The molecule has 3 rings (SSSR count). The normalized spacial score (nSPS) is 11.0.